The number of Topliss-reactive ketones (excluding diaryl/α,β-unsaturated/α-hetero) is 1. The fourth-order valence-corrected chi connectivity index (χ4v) is 1.87. The molecule has 0 saturated carbocycles. The lowest BCUT2D eigenvalue weighted by atomic mass is 9.85. The smallest absolute Gasteiger partial charge is 0.189 e. The molecular formula is C15H13F2NO. The summed E-state index contributed by atoms with van der Waals surface area (Å²) in [4.78, 5) is 12.3. The van der Waals surface area contributed by atoms with Crippen LogP contribution in [0.15, 0.2) is 48.5 Å². The molecule has 2 N–H and O–H groups in total. The predicted octanol–water partition coefficient (Wildman–Crippen LogP) is 3.02. The Hall–Kier alpha value is -2.07. The number of benzene rings is 2. The Labute approximate surface area is 109 Å². The summed E-state index contributed by atoms with van der Waals surface area (Å²) in [5, 5.41) is 0. The van der Waals surface area contributed by atoms with Crippen molar-refractivity contribution < 1.29 is 13.6 Å². The highest BCUT2D eigenvalue weighted by atomic mass is 19.1. The minimum absolute atomic E-state index is 0.339. The lowest BCUT2D eigenvalue weighted by Crippen LogP contribution is -2.42. The molecule has 98 valence electrons. The second-order valence-electron chi connectivity index (χ2n) is 4.52. The standard InChI is InChI=1S/C15H13F2NO/c1-15(18,10-5-3-2-4-6-10)14(19)12-9-11(16)7-8-13(12)17/h2-9H,18H2,1H3. The third-order valence-corrected chi connectivity index (χ3v) is 3.02. The van der Waals surface area contributed by atoms with E-state index in [-0.39, 0.29) is 5.56 Å². The van der Waals surface area contributed by atoms with Crippen LogP contribution in [0, 0.1) is 11.6 Å². The van der Waals surface area contributed by atoms with E-state index in [9.17, 15) is 13.6 Å². The third kappa shape index (κ3) is 2.53. The van der Waals surface area contributed by atoms with Crippen molar-refractivity contribution in [3.8, 4) is 0 Å². The zero-order valence-corrected chi connectivity index (χ0v) is 10.4. The van der Waals surface area contributed by atoms with Gasteiger partial charge in [-0.25, -0.2) is 8.78 Å². The van der Waals surface area contributed by atoms with Gasteiger partial charge in [0.25, 0.3) is 0 Å². The molecule has 0 spiro atoms. The van der Waals surface area contributed by atoms with Gasteiger partial charge in [-0.05, 0) is 30.7 Å². The topological polar surface area (TPSA) is 43.1 Å². The molecule has 4 heteroatoms. The second-order valence-corrected chi connectivity index (χ2v) is 4.52. The number of halogens is 2. The van der Waals surface area contributed by atoms with Crippen molar-refractivity contribution in [2.45, 2.75) is 12.5 Å². The summed E-state index contributed by atoms with van der Waals surface area (Å²) in [6.07, 6.45) is 0. The van der Waals surface area contributed by atoms with Crippen LogP contribution >= 0.6 is 0 Å². The van der Waals surface area contributed by atoms with Gasteiger partial charge in [-0.2, -0.15) is 0 Å². The van der Waals surface area contributed by atoms with Crippen molar-refractivity contribution in [1.29, 1.82) is 0 Å². The average Bonchev–Trinajstić information content (AvgIpc) is 2.41. The first-order valence-corrected chi connectivity index (χ1v) is 5.77. The lowest BCUT2D eigenvalue weighted by Gasteiger charge is -2.23. The van der Waals surface area contributed by atoms with Crippen LogP contribution < -0.4 is 5.73 Å². The minimum Gasteiger partial charge on any atom is -0.315 e. The van der Waals surface area contributed by atoms with E-state index in [4.69, 9.17) is 5.73 Å². The summed E-state index contributed by atoms with van der Waals surface area (Å²) < 4.78 is 26.8. The van der Waals surface area contributed by atoms with E-state index in [1.807, 2.05) is 0 Å². The van der Waals surface area contributed by atoms with E-state index in [0.29, 0.717) is 5.56 Å². The van der Waals surface area contributed by atoms with Gasteiger partial charge in [-0.1, -0.05) is 30.3 Å². The molecule has 0 amide bonds. The summed E-state index contributed by atoms with van der Waals surface area (Å²) in [5.41, 5.74) is 4.79. The van der Waals surface area contributed by atoms with Crippen molar-refractivity contribution in [3.63, 3.8) is 0 Å². The Morgan fingerprint density at radius 2 is 1.74 bits per heavy atom. The monoisotopic (exact) mass is 261 g/mol. The van der Waals surface area contributed by atoms with Crippen LogP contribution in [-0.2, 0) is 5.54 Å². The van der Waals surface area contributed by atoms with Gasteiger partial charge in [0.1, 0.15) is 17.2 Å². The van der Waals surface area contributed by atoms with Gasteiger partial charge >= 0.3 is 0 Å². The maximum atomic E-state index is 13.6. The molecule has 0 fully saturated rings. The summed E-state index contributed by atoms with van der Waals surface area (Å²) >= 11 is 0. The number of hydrogen-bond acceptors (Lipinski definition) is 2. The first kappa shape index (κ1) is 13.4. The number of hydrogen-bond donors (Lipinski definition) is 1. The van der Waals surface area contributed by atoms with Gasteiger partial charge in [-0.15, -0.1) is 0 Å². The largest absolute Gasteiger partial charge is 0.315 e. The van der Waals surface area contributed by atoms with E-state index >= 15 is 0 Å². The number of carbonyl (C=O) groups is 1. The number of ketones is 1. The molecule has 0 heterocycles. The number of nitrogens with two attached hydrogens (primary N) is 1. The van der Waals surface area contributed by atoms with E-state index in [1.165, 1.54) is 6.92 Å². The van der Waals surface area contributed by atoms with Crippen LogP contribution in [0.4, 0.5) is 8.78 Å². The fourth-order valence-electron chi connectivity index (χ4n) is 1.87. The Bertz CT molecular complexity index is 609. The zero-order valence-electron chi connectivity index (χ0n) is 10.4. The highest BCUT2D eigenvalue weighted by Crippen LogP contribution is 2.24. The molecule has 0 radical (unpaired) electrons. The predicted molar refractivity (Wildman–Crippen MR) is 68.7 cm³/mol. The van der Waals surface area contributed by atoms with Crippen molar-refractivity contribution in [2.24, 2.45) is 5.73 Å². The van der Waals surface area contributed by atoms with Crippen LogP contribution in [-0.4, -0.2) is 5.78 Å². The van der Waals surface area contributed by atoms with Crippen molar-refractivity contribution in [1.82, 2.24) is 0 Å². The molecule has 2 rings (SSSR count). The quantitative estimate of drug-likeness (QED) is 0.863. The van der Waals surface area contributed by atoms with E-state index in [1.54, 1.807) is 30.3 Å². The van der Waals surface area contributed by atoms with Gasteiger partial charge < -0.3 is 5.73 Å². The molecule has 0 aliphatic heterocycles. The molecule has 0 aliphatic rings. The summed E-state index contributed by atoms with van der Waals surface area (Å²) in [6, 6.07) is 11.3. The van der Waals surface area contributed by atoms with Gasteiger partial charge in [0.2, 0.25) is 0 Å². The summed E-state index contributed by atoms with van der Waals surface area (Å²) in [6.45, 7) is 1.48. The van der Waals surface area contributed by atoms with E-state index < -0.39 is 23.0 Å². The SMILES string of the molecule is CC(N)(C(=O)c1cc(F)ccc1F)c1ccccc1. The fraction of sp³-hybridized carbons (Fsp3) is 0.133. The molecule has 0 aliphatic carbocycles. The molecule has 1 atom stereocenters. The molecular weight excluding hydrogens is 248 g/mol. The van der Waals surface area contributed by atoms with Crippen molar-refractivity contribution in [2.75, 3.05) is 0 Å². The Balaban J connectivity index is 2.46. The van der Waals surface area contributed by atoms with Crippen LogP contribution in [0.2, 0.25) is 0 Å². The Kier molecular flexibility index (Phi) is 3.44. The highest BCUT2D eigenvalue weighted by Gasteiger charge is 2.33. The minimum atomic E-state index is -1.41. The average molecular weight is 261 g/mol. The summed E-state index contributed by atoms with van der Waals surface area (Å²) in [5.74, 6) is -2.11. The molecule has 0 bridgehead atoms. The maximum Gasteiger partial charge on any atom is 0.189 e. The number of carbonyl (C=O) groups excluding carboxylic acids is 1. The first-order valence-electron chi connectivity index (χ1n) is 5.77. The normalized spacial score (nSPS) is 13.9. The second kappa shape index (κ2) is 4.90. The Morgan fingerprint density at radius 1 is 1.11 bits per heavy atom. The lowest BCUT2D eigenvalue weighted by molar-refractivity contribution is 0.0895. The molecule has 2 nitrogen and oxygen atoms in total. The maximum absolute atomic E-state index is 13.6. The van der Waals surface area contributed by atoms with Crippen molar-refractivity contribution >= 4 is 5.78 Å². The van der Waals surface area contributed by atoms with Crippen molar-refractivity contribution in [3.05, 3.63) is 71.3 Å². The van der Waals surface area contributed by atoms with Gasteiger partial charge in [0.05, 0.1) is 5.56 Å². The van der Waals surface area contributed by atoms with Gasteiger partial charge in [0.15, 0.2) is 5.78 Å². The molecule has 19 heavy (non-hydrogen) atoms. The van der Waals surface area contributed by atoms with Gasteiger partial charge in [-0.3, -0.25) is 4.79 Å². The van der Waals surface area contributed by atoms with E-state index in [0.717, 1.165) is 18.2 Å². The Morgan fingerprint density at radius 3 is 2.37 bits per heavy atom. The van der Waals surface area contributed by atoms with Crippen LogP contribution in [0.3, 0.4) is 0 Å². The molecule has 0 aromatic heterocycles. The van der Waals surface area contributed by atoms with Crippen LogP contribution in [0.25, 0.3) is 0 Å². The number of rotatable bonds is 3. The molecule has 2 aromatic carbocycles. The molecule has 0 saturated heterocycles. The third-order valence-electron chi connectivity index (χ3n) is 3.02. The molecule has 2 aromatic rings. The van der Waals surface area contributed by atoms with E-state index in [2.05, 4.69) is 0 Å². The zero-order chi connectivity index (χ0) is 14.0. The highest BCUT2D eigenvalue weighted by molar-refractivity contribution is 6.03. The van der Waals surface area contributed by atoms with Gasteiger partial charge in [0, 0.05) is 0 Å². The summed E-state index contributed by atoms with van der Waals surface area (Å²) in [7, 11) is 0. The van der Waals surface area contributed by atoms with Crippen LogP contribution in [0.1, 0.15) is 22.8 Å². The first-order chi connectivity index (χ1) is 8.93. The van der Waals surface area contributed by atoms with Crippen LogP contribution in [0.5, 0.6) is 0 Å². The molecule has 1 unspecified atom stereocenters.